The highest BCUT2D eigenvalue weighted by atomic mass is 16.6. The molecule has 0 unspecified atom stereocenters. The summed E-state index contributed by atoms with van der Waals surface area (Å²) in [5.41, 5.74) is 2.72. The third kappa shape index (κ3) is 5.40. The molecular weight excluding hydrogens is 414 g/mol. The Morgan fingerprint density at radius 3 is 2.47 bits per heavy atom. The fourth-order valence-electron chi connectivity index (χ4n) is 3.81. The Labute approximate surface area is 188 Å². The lowest BCUT2D eigenvalue weighted by Crippen LogP contribution is -2.38. The first-order chi connectivity index (χ1) is 15.1. The van der Waals surface area contributed by atoms with Crippen molar-refractivity contribution in [3.63, 3.8) is 0 Å². The number of nitrogens with one attached hydrogen (secondary N) is 1. The van der Waals surface area contributed by atoms with E-state index in [2.05, 4.69) is 5.32 Å². The van der Waals surface area contributed by atoms with Crippen molar-refractivity contribution >= 4 is 23.7 Å². The third-order valence-corrected chi connectivity index (χ3v) is 5.38. The molecule has 0 aliphatic carbocycles. The lowest BCUT2D eigenvalue weighted by Gasteiger charge is -2.26. The third-order valence-electron chi connectivity index (χ3n) is 5.38. The van der Waals surface area contributed by atoms with Crippen molar-refractivity contribution in [1.82, 2.24) is 9.80 Å². The molecule has 1 aromatic carbocycles. The highest BCUT2D eigenvalue weighted by Crippen LogP contribution is 2.26. The Balaban J connectivity index is 1.76. The van der Waals surface area contributed by atoms with E-state index in [0.717, 1.165) is 11.1 Å². The Bertz CT molecular complexity index is 934. The maximum absolute atomic E-state index is 12.7. The standard InChI is InChI=1S/C23H31N3O6/c1-23(2,3)32-22(30)25-9-7-15-5-6-17(13-16(15)8-10-25)24-19-18(21(29)31-4)14-26(11-12-27)20(19)28/h5-6,13,24,27H,7-12,14H2,1-4H3. The van der Waals surface area contributed by atoms with Crippen LogP contribution < -0.4 is 5.32 Å². The molecule has 2 N–H and O–H groups in total. The first-order valence-corrected chi connectivity index (χ1v) is 10.7. The summed E-state index contributed by atoms with van der Waals surface area (Å²) in [6.07, 6.45) is 1.03. The van der Waals surface area contributed by atoms with E-state index < -0.39 is 11.6 Å². The normalized spacial score (nSPS) is 16.6. The quantitative estimate of drug-likeness (QED) is 0.664. The summed E-state index contributed by atoms with van der Waals surface area (Å²) in [6.45, 7) is 6.67. The maximum atomic E-state index is 12.7. The number of esters is 1. The van der Waals surface area contributed by atoms with Crippen LogP contribution in [0.5, 0.6) is 0 Å². The van der Waals surface area contributed by atoms with Gasteiger partial charge in [-0.25, -0.2) is 9.59 Å². The smallest absolute Gasteiger partial charge is 0.410 e. The second kappa shape index (κ2) is 9.60. The number of ether oxygens (including phenoxy) is 2. The molecule has 0 spiro atoms. The van der Waals surface area contributed by atoms with E-state index in [1.54, 1.807) is 4.90 Å². The van der Waals surface area contributed by atoms with Crippen LogP contribution in [0.15, 0.2) is 29.5 Å². The number of rotatable bonds is 5. The van der Waals surface area contributed by atoms with Crippen LogP contribution in [0.25, 0.3) is 0 Å². The van der Waals surface area contributed by atoms with Crippen LogP contribution in [0.3, 0.4) is 0 Å². The first kappa shape index (κ1) is 23.6. The molecule has 9 heteroatoms. The van der Waals surface area contributed by atoms with Gasteiger partial charge in [0, 0.05) is 25.3 Å². The highest BCUT2D eigenvalue weighted by Gasteiger charge is 2.34. The summed E-state index contributed by atoms with van der Waals surface area (Å²) in [5.74, 6) is -0.936. The number of nitrogens with zero attached hydrogens (tertiary/aromatic N) is 2. The number of aliphatic hydroxyl groups excluding tert-OH is 1. The lowest BCUT2D eigenvalue weighted by molar-refractivity contribution is -0.136. The largest absolute Gasteiger partial charge is 0.466 e. The van der Waals surface area contributed by atoms with Crippen LogP contribution in [0.4, 0.5) is 10.5 Å². The number of carbonyl (C=O) groups excluding carboxylic acids is 3. The molecule has 0 saturated heterocycles. The van der Waals surface area contributed by atoms with Gasteiger partial charge in [-0.05, 0) is 56.9 Å². The van der Waals surface area contributed by atoms with Crippen LogP contribution in [0.2, 0.25) is 0 Å². The van der Waals surface area contributed by atoms with E-state index >= 15 is 0 Å². The van der Waals surface area contributed by atoms with Crippen molar-refractivity contribution in [2.45, 2.75) is 39.2 Å². The molecule has 3 rings (SSSR count). The molecule has 0 aromatic heterocycles. The fraction of sp³-hybridized carbons (Fsp3) is 0.522. The number of fused-ring (bicyclic) bond motifs is 1. The maximum Gasteiger partial charge on any atom is 0.410 e. The molecule has 0 saturated carbocycles. The minimum atomic E-state index is -0.580. The molecule has 2 aliphatic heterocycles. The Hall–Kier alpha value is -3.07. The van der Waals surface area contributed by atoms with Gasteiger partial charge in [0.1, 0.15) is 11.3 Å². The molecule has 0 radical (unpaired) electrons. The van der Waals surface area contributed by atoms with Gasteiger partial charge in [0.2, 0.25) is 0 Å². The predicted molar refractivity (Wildman–Crippen MR) is 118 cm³/mol. The topological polar surface area (TPSA) is 108 Å². The molecule has 9 nitrogen and oxygen atoms in total. The molecule has 2 heterocycles. The zero-order chi connectivity index (χ0) is 23.5. The molecule has 0 bridgehead atoms. The first-order valence-electron chi connectivity index (χ1n) is 10.7. The number of anilines is 1. The number of benzene rings is 1. The van der Waals surface area contributed by atoms with Crippen LogP contribution in [0.1, 0.15) is 31.9 Å². The van der Waals surface area contributed by atoms with Crippen molar-refractivity contribution in [2.24, 2.45) is 0 Å². The average Bonchev–Trinajstić information content (AvgIpc) is 2.90. The van der Waals surface area contributed by atoms with Crippen LogP contribution in [0, 0.1) is 0 Å². The van der Waals surface area contributed by atoms with Gasteiger partial charge in [0.05, 0.1) is 25.8 Å². The minimum absolute atomic E-state index is 0.0875. The van der Waals surface area contributed by atoms with Gasteiger partial charge in [-0.1, -0.05) is 6.07 Å². The Morgan fingerprint density at radius 1 is 1.16 bits per heavy atom. The lowest BCUT2D eigenvalue weighted by atomic mass is 10.0. The summed E-state index contributed by atoms with van der Waals surface area (Å²) in [4.78, 5) is 40.5. The van der Waals surface area contributed by atoms with Gasteiger partial charge in [-0.3, -0.25) is 4.79 Å². The monoisotopic (exact) mass is 445 g/mol. The molecule has 0 fully saturated rings. The second-order valence-electron chi connectivity index (χ2n) is 8.87. The van der Waals surface area contributed by atoms with E-state index in [-0.39, 0.29) is 43.0 Å². The Kier molecular flexibility index (Phi) is 7.08. The Morgan fingerprint density at radius 2 is 1.84 bits per heavy atom. The van der Waals surface area contributed by atoms with Crippen molar-refractivity contribution in [3.05, 3.63) is 40.6 Å². The van der Waals surface area contributed by atoms with Gasteiger partial charge in [0.15, 0.2) is 0 Å². The summed E-state index contributed by atoms with van der Waals surface area (Å²) in [7, 11) is 1.27. The number of hydrogen-bond donors (Lipinski definition) is 2. The second-order valence-corrected chi connectivity index (χ2v) is 8.87. The average molecular weight is 446 g/mol. The van der Waals surface area contributed by atoms with Crippen molar-refractivity contribution in [3.8, 4) is 0 Å². The van der Waals surface area contributed by atoms with Crippen molar-refractivity contribution in [1.29, 1.82) is 0 Å². The number of β-amino-alcohol motifs (C(OH)–C–C–N with tert-alkyl or cyclic N) is 1. The molecule has 2 aliphatic rings. The van der Waals surface area contributed by atoms with Gasteiger partial charge >= 0.3 is 12.1 Å². The number of hydrogen-bond acceptors (Lipinski definition) is 7. The summed E-state index contributed by atoms with van der Waals surface area (Å²) in [5, 5.41) is 12.3. The number of methoxy groups -OCH3 is 1. The molecule has 32 heavy (non-hydrogen) atoms. The van der Waals surface area contributed by atoms with Crippen LogP contribution in [-0.4, -0.2) is 78.4 Å². The minimum Gasteiger partial charge on any atom is -0.466 e. The number of aliphatic hydroxyl groups is 1. The van der Waals surface area contributed by atoms with E-state index in [0.29, 0.717) is 31.6 Å². The molecule has 174 valence electrons. The molecule has 0 atom stereocenters. The zero-order valence-corrected chi connectivity index (χ0v) is 19.1. The fourth-order valence-corrected chi connectivity index (χ4v) is 3.81. The SMILES string of the molecule is COC(=O)C1=C(Nc2ccc3c(c2)CCN(C(=O)OC(C)(C)C)CC3)C(=O)N(CCO)C1. The number of carbonyl (C=O) groups is 3. The van der Waals surface area contributed by atoms with Crippen LogP contribution >= 0.6 is 0 Å². The van der Waals surface area contributed by atoms with Crippen LogP contribution in [-0.2, 0) is 31.9 Å². The van der Waals surface area contributed by atoms with Gasteiger partial charge in [0.25, 0.3) is 5.91 Å². The van der Waals surface area contributed by atoms with Crippen molar-refractivity contribution in [2.75, 3.05) is 45.2 Å². The summed E-state index contributed by atoms with van der Waals surface area (Å²) in [6, 6.07) is 5.77. The van der Waals surface area contributed by atoms with E-state index in [1.165, 1.54) is 12.0 Å². The number of amides is 2. The molecule has 2 amide bonds. The van der Waals surface area contributed by atoms with E-state index in [4.69, 9.17) is 9.47 Å². The summed E-state index contributed by atoms with van der Waals surface area (Å²) >= 11 is 0. The van der Waals surface area contributed by atoms with Gasteiger partial charge in [-0.2, -0.15) is 0 Å². The zero-order valence-electron chi connectivity index (χ0n) is 19.1. The summed E-state index contributed by atoms with van der Waals surface area (Å²) < 4.78 is 10.3. The molecule has 1 aromatic rings. The predicted octanol–water partition coefficient (Wildman–Crippen LogP) is 1.70. The van der Waals surface area contributed by atoms with Gasteiger partial charge < -0.3 is 29.7 Å². The highest BCUT2D eigenvalue weighted by molar-refractivity contribution is 6.08. The van der Waals surface area contributed by atoms with E-state index in [1.807, 2.05) is 39.0 Å². The van der Waals surface area contributed by atoms with Crippen molar-refractivity contribution < 1.29 is 29.0 Å². The van der Waals surface area contributed by atoms with E-state index in [9.17, 15) is 19.5 Å². The molecular formula is C23H31N3O6. The van der Waals surface area contributed by atoms with Gasteiger partial charge in [-0.15, -0.1) is 0 Å².